The van der Waals surface area contributed by atoms with Crippen molar-refractivity contribution >= 4 is 23.6 Å². The van der Waals surface area contributed by atoms with E-state index in [4.69, 9.17) is 0 Å². The maximum Gasteiger partial charge on any atom is 0.272 e. The molecule has 0 bridgehead atoms. The maximum atomic E-state index is 13.5. The van der Waals surface area contributed by atoms with Crippen molar-refractivity contribution in [1.29, 1.82) is 0 Å². The first kappa shape index (κ1) is 16.4. The Kier molecular flexibility index (Phi) is 4.79. The number of carbonyl (C=O) groups excluding carboxylic acids is 2. The SMILES string of the molecule is Cc1nnc(SCC(=O)NNC(=O)c2ccccc2F)n1C1CC1. The molecular weight excluding hydrogens is 333 g/mol. The number of nitrogens with zero attached hydrogens (tertiary/aromatic N) is 3. The lowest BCUT2D eigenvalue weighted by Gasteiger charge is -2.08. The van der Waals surface area contributed by atoms with Gasteiger partial charge in [-0.3, -0.25) is 20.4 Å². The number of halogens is 1. The highest BCUT2D eigenvalue weighted by Crippen LogP contribution is 2.38. The van der Waals surface area contributed by atoms with Crippen molar-refractivity contribution in [3.63, 3.8) is 0 Å². The molecular formula is C15H16FN5O2S. The number of benzene rings is 1. The third kappa shape index (κ3) is 3.73. The highest BCUT2D eigenvalue weighted by molar-refractivity contribution is 7.99. The van der Waals surface area contributed by atoms with Crippen LogP contribution in [0.4, 0.5) is 4.39 Å². The first-order chi connectivity index (χ1) is 11.6. The van der Waals surface area contributed by atoms with E-state index in [1.54, 1.807) is 6.07 Å². The van der Waals surface area contributed by atoms with Gasteiger partial charge < -0.3 is 4.57 Å². The summed E-state index contributed by atoms with van der Waals surface area (Å²) >= 11 is 1.25. The molecule has 2 N–H and O–H groups in total. The highest BCUT2D eigenvalue weighted by atomic mass is 32.2. The van der Waals surface area contributed by atoms with E-state index in [1.807, 2.05) is 11.5 Å². The summed E-state index contributed by atoms with van der Waals surface area (Å²) in [5.74, 6) is -0.862. The number of thioether (sulfide) groups is 1. The van der Waals surface area contributed by atoms with Crippen molar-refractivity contribution in [3.8, 4) is 0 Å². The van der Waals surface area contributed by atoms with E-state index in [-0.39, 0.29) is 11.3 Å². The average Bonchev–Trinajstić information content (AvgIpc) is 3.34. The number of nitrogens with one attached hydrogen (secondary N) is 2. The molecule has 3 rings (SSSR count). The van der Waals surface area contributed by atoms with E-state index >= 15 is 0 Å². The minimum absolute atomic E-state index is 0.0718. The van der Waals surface area contributed by atoms with Gasteiger partial charge in [0.25, 0.3) is 5.91 Å². The molecule has 1 fully saturated rings. The van der Waals surface area contributed by atoms with Crippen molar-refractivity contribution in [2.24, 2.45) is 0 Å². The molecule has 1 aliphatic rings. The minimum atomic E-state index is -0.705. The molecule has 0 spiro atoms. The zero-order valence-corrected chi connectivity index (χ0v) is 13.8. The van der Waals surface area contributed by atoms with Gasteiger partial charge >= 0.3 is 0 Å². The fourth-order valence-corrected chi connectivity index (χ4v) is 3.06. The van der Waals surface area contributed by atoms with Gasteiger partial charge in [0.1, 0.15) is 11.6 Å². The van der Waals surface area contributed by atoms with E-state index in [0.29, 0.717) is 11.2 Å². The molecule has 2 aromatic rings. The van der Waals surface area contributed by atoms with Crippen LogP contribution in [0, 0.1) is 12.7 Å². The van der Waals surface area contributed by atoms with Crippen molar-refractivity contribution in [2.75, 3.05) is 5.75 Å². The number of hydrazine groups is 1. The molecule has 126 valence electrons. The first-order valence-electron chi connectivity index (χ1n) is 7.44. The summed E-state index contributed by atoms with van der Waals surface area (Å²) in [6.45, 7) is 1.88. The van der Waals surface area contributed by atoms with Crippen LogP contribution in [0.15, 0.2) is 29.4 Å². The van der Waals surface area contributed by atoms with Crippen LogP contribution in [0.2, 0.25) is 0 Å². The van der Waals surface area contributed by atoms with Gasteiger partial charge in [-0.2, -0.15) is 0 Å². The lowest BCUT2D eigenvalue weighted by molar-refractivity contribution is -0.119. The van der Waals surface area contributed by atoms with Crippen molar-refractivity contribution in [2.45, 2.75) is 31.0 Å². The van der Waals surface area contributed by atoms with Gasteiger partial charge in [-0.25, -0.2) is 4.39 Å². The van der Waals surface area contributed by atoms with Gasteiger partial charge in [0.15, 0.2) is 5.16 Å². The number of carbonyl (C=O) groups is 2. The summed E-state index contributed by atoms with van der Waals surface area (Å²) in [7, 11) is 0. The Labute approximate surface area is 142 Å². The van der Waals surface area contributed by atoms with Gasteiger partial charge in [-0.15, -0.1) is 10.2 Å². The van der Waals surface area contributed by atoms with E-state index in [1.165, 1.54) is 30.0 Å². The molecule has 24 heavy (non-hydrogen) atoms. The maximum absolute atomic E-state index is 13.5. The molecule has 1 heterocycles. The van der Waals surface area contributed by atoms with E-state index in [9.17, 15) is 14.0 Å². The summed E-state index contributed by atoms with van der Waals surface area (Å²) in [4.78, 5) is 23.6. The quantitative estimate of drug-likeness (QED) is 0.632. The molecule has 0 atom stereocenters. The zero-order chi connectivity index (χ0) is 17.1. The normalized spacial score (nSPS) is 13.6. The lowest BCUT2D eigenvalue weighted by atomic mass is 10.2. The van der Waals surface area contributed by atoms with E-state index < -0.39 is 17.6 Å². The van der Waals surface area contributed by atoms with Gasteiger partial charge in [-0.05, 0) is 31.9 Å². The van der Waals surface area contributed by atoms with Crippen LogP contribution in [0.5, 0.6) is 0 Å². The Hall–Kier alpha value is -2.42. The largest absolute Gasteiger partial charge is 0.303 e. The monoisotopic (exact) mass is 349 g/mol. The molecule has 1 aliphatic carbocycles. The number of rotatable bonds is 5. The van der Waals surface area contributed by atoms with Crippen LogP contribution in [0.25, 0.3) is 0 Å². The van der Waals surface area contributed by atoms with E-state index in [0.717, 1.165) is 18.7 Å². The summed E-state index contributed by atoms with van der Waals surface area (Å²) in [5.41, 5.74) is 4.33. The summed E-state index contributed by atoms with van der Waals surface area (Å²) in [5, 5.41) is 8.78. The summed E-state index contributed by atoms with van der Waals surface area (Å²) in [6, 6.07) is 5.97. The standard InChI is InChI=1S/C15H16FN5O2S/c1-9-17-20-15(21(9)10-6-7-10)24-8-13(22)18-19-14(23)11-4-2-3-5-12(11)16/h2-5,10H,6-8H2,1H3,(H,18,22)(H,19,23). The predicted octanol–water partition coefficient (Wildman–Crippen LogP) is 1.61. The van der Waals surface area contributed by atoms with Crippen LogP contribution in [-0.2, 0) is 4.79 Å². The number of aryl methyl sites for hydroxylation is 1. The van der Waals surface area contributed by atoms with Gasteiger partial charge in [-0.1, -0.05) is 23.9 Å². The second-order valence-electron chi connectivity index (χ2n) is 5.40. The molecule has 1 aromatic heterocycles. The first-order valence-corrected chi connectivity index (χ1v) is 8.43. The molecule has 0 aliphatic heterocycles. The molecule has 0 saturated heterocycles. The molecule has 9 heteroatoms. The fourth-order valence-electron chi connectivity index (χ4n) is 2.21. The van der Waals surface area contributed by atoms with Crippen molar-refractivity contribution in [1.82, 2.24) is 25.6 Å². The van der Waals surface area contributed by atoms with Crippen molar-refractivity contribution in [3.05, 3.63) is 41.5 Å². The Morgan fingerprint density at radius 2 is 2.04 bits per heavy atom. The molecule has 2 amide bonds. The molecule has 1 aromatic carbocycles. The van der Waals surface area contributed by atoms with Crippen molar-refractivity contribution < 1.29 is 14.0 Å². The topological polar surface area (TPSA) is 88.9 Å². The Morgan fingerprint density at radius 3 is 2.75 bits per heavy atom. The molecule has 0 unspecified atom stereocenters. The van der Waals surface area contributed by atoms with Crippen LogP contribution in [0.1, 0.15) is 35.1 Å². The number of amides is 2. The smallest absolute Gasteiger partial charge is 0.272 e. The number of hydrogen-bond acceptors (Lipinski definition) is 5. The third-order valence-electron chi connectivity index (χ3n) is 3.51. The third-order valence-corrected chi connectivity index (χ3v) is 4.46. The Morgan fingerprint density at radius 1 is 1.29 bits per heavy atom. The van der Waals surface area contributed by atoms with E-state index in [2.05, 4.69) is 21.0 Å². The summed E-state index contributed by atoms with van der Waals surface area (Å²) in [6.07, 6.45) is 2.19. The fraction of sp³-hybridized carbons (Fsp3) is 0.333. The minimum Gasteiger partial charge on any atom is -0.303 e. The van der Waals surface area contributed by atoms with Gasteiger partial charge in [0.2, 0.25) is 5.91 Å². The molecule has 1 saturated carbocycles. The second kappa shape index (κ2) is 7.00. The average molecular weight is 349 g/mol. The highest BCUT2D eigenvalue weighted by Gasteiger charge is 2.28. The van der Waals surface area contributed by atoms with Gasteiger partial charge in [0.05, 0.1) is 11.3 Å². The Balaban J connectivity index is 1.50. The Bertz CT molecular complexity index is 775. The molecule has 0 radical (unpaired) electrons. The number of hydrogen-bond donors (Lipinski definition) is 2. The lowest BCUT2D eigenvalue weighted by Crippen LogP contribution is -2.42. The van der Waals surface area contributed by atoms with Crippen LogP contribution < -0.4 is 10.9 Å². The molecule has 7 nitrogen and oxygen atoms in total. The second-order valence-corrected chi connectivity index (χ2v) is 6.34. The van der Waals surface area contributed by atoms with Gasteiger partial charge in [0, 0.05) is 6.04 Å². The predicted molar refractivity (Wildman–Crippen MR) is 85.8 cm³/mol. The number of aromatic nitrogens is 3. The summed E-state index contributed by atoms with van der Waals surface area (Å²) < 4.78 is 15.5. The van der Waals surface area contributed by atoms with Crippen LogP contribution in [-0.4, -0.2) is 32.3 Å². The zero-order valence-electron chi connectivity index (χ0n) is 13.0. The van der Waals surface area contributed by atoms with Crippen LogP contribution >= 0.6 is 11.8 Å². The van der Waals surface area contributed by atoms with Crippen LogP contribution in [0.3, 0.4) is 0 Å².